The van der Waals surface area contributed by atoms with Crippen LogP contribution >= 0.6 is 11.3 Å². The summed E-state index contributed by atoms with van der Waals surface area (Å²) in [5.74, 6) is -1.11. The Hall–Kier alpha value is -3.36. The van der Waals surface area contributed by atoms with Crippen molar-refractivity contribution in [1.82, 2.24) is 15.4 Å². The van der Waals surface area contributed by atoms with Crippen molar-refractivity contribution in [2.45, 2.75) is 13.0 Å². The van der Waals surface area contributed by atoms with Crippen LogP contribution in [0, 0.1) is 5.82 Å². The summed E-state index contributed by atoms with van der Waals surface area (Å²) >= 11 is 1.32. The molecule has 0 saturated carbocycles. The predicted octanol–water partition coefficient (Wildman–Crippen LogP) is 3.53. The standard InChI is InChI=1S/C22H18FN3O3S/c23-17-3-1-15(2-4-17)18(11-14-5-8-24-9-6-14)22(28)26-10-7-19-16(13-26)12-20(30-19)21(27)25-29/h1-6,8-9,11-12,29H,7,10,13H2,(H,25,27)/b18-11-. The Kier molecular flexibility index (Phi) is 5.69. The Morgan fingerprint density at radius 3 is 2.60 bits per heavy atom. The Morgan fingerprint density at radius 2 is 1.90 bits per heavy atom. The third kappa shape index (κ3) is 4.14. The fourth-order valence-corrected chi connectivity index (χ4v) is 4.42. The maximum absolute atomic E-state index is 13.4. The molecule has 0 bridgehead atoms. The number of thiophene rings is 1. The van der Waals surface area contributed by atoms with Crippen molar-refractivity contribution in [2.75, 3.05) is 6.54 Å². The molecule has 0 unspecified atom stereocenters. The van der Waals surface area contributed by atoms with E-state index in [0.29, 0.717) is 35.5 Å². The van der Waals surface area contributed by atoms with Crippen molar-refractivity contribution in [3.05, 3.63) is 87.1 Å². The van der Waals surface area contributed by atoms with Gasteiger partial charge in [0.15, 0.2) is 0 Å². The van der Waals surface area contributed by atoms with Gasteiger partial charge in [-0.25, -0.2) is 9.87 Å². The quantitative estimate of drug-likeness (QED) is 0.382. The number of hydrogen-bond donors (Lipinski definition) is 2. The van der Waals surface area contributed by atoms with Crippen LogP contribution in [-0.2, 0) is 17.8 Å². The van der Waals surface area contributed by atoms with Crippen LogP contribution in [-0.4, -0.2) is 33.5 Å². The summed E-state index contributed by atoms with van der Waals surface area (Å²) in [5.41, 5.74) is 4.42. The maximum atomic E-state index is 13.4. The Labute approximate surface area is 176 Å². The minimum atomic E-state index is -0.558. The number of rotatable bonds is 4. The molecule has 2 N–H and O–H groups in total. The number of fused-ring (bicyclic) bond motifs is 1. The van der Waals surface area contributed by atoms with Crippen LogP contribution in [0.2, 0.25) is 0 Å². The zero-order valence-corrected chi connectivity index (χ0v) is 16.7. The summed E-state index contributed by atoms with van der Waals surface area (Å²) in [6.45, 7) is 0.861. The first-order valence-corrected chi connectivity index (χ1v) is 10.1. The zero-order valence-electron chi connectivity index (χ0n) is 15.8. The van der Waals surface area contributed by atoms with E-state index in [2.05, 4.69) is 4.98 Å². The number of carbonyl (C=O) groups excluding carboxylic acids is 2. The lowest BCUT2D eigenvalue weighted by Crippen LogP contribution is -2.35. The summed E-state index contributed by atoms with van der Waals surface area (Å²) in [7, 11) is 0. The molecule has 0 fully saturated rings. The van der Waals surface area contributed by atoms with E-state index in [9.17, 15) is 14.0 Å². The van der Waals surface area contributed by atoms with E-state index in [1.807, 2.05) is 0 Å². The summed E-state index contributed by atoms with van der Waals surface area (Å²) in [6, 6.07) is 11.1. The first-order valence-electron chi connectivity index (χ1n) is 9.28. The molecule has 0 aliphatic carbocycles. The molecule has 3 aromatic rings. The molecule has 30 heavy (non-hydrogen) atoms. The highest BCUT2D eigenvalue weighted by Gasteiger charge is 2.26. The van der Waals surface area contributed by atoms with Gasteiger partial charge in [0.1, 0.15) is 5.82 Å². The molecule has 1 aromatic carbocycles. The lowest BCUT2D eigenvalue weighted by Gasteiger charge is -2.28. The number of amides is 2. The van der Waals surface area contributed by atoms with Crippen molar-refractivity contribution in [1.29, 1.82) is 0 Å². The minimum absolute atomic E-state index is 0.177. The second-order valence-corrected chi connectivity index (χ2v) is 7.96. The molecule has 0 spiro atoms. The van der Waals surface area contributed by atoms with Crippen molar-refractivity contribution >= 4 is 34.8 Å². The van der Waals surface area contributed by atoms with E-state index < -0.39 is 5.91 Å². The van der Waals surface area contributed by atoms with Gasteiger partial charge in [0.05, 0.1) is 4.88 Å². The fraction of sp³-hybridized carbons (Fsp3) is 0.136. The van der Waals surface area contributed by atoms with Crippen molar-refractivity contribution in [2.24, 2.45) is 0 Å². The number of pyridine rings is 1. The highest BCUT2D eigenvalue weighted by molar-refractivity contribution is 7.14. The molecule has 0 atom stereocenters. The van der Waals surface area contributed by atoms with Gasteiger partial charge in [-0.2, -0.15) is 0 Å². The SMILES string of the molecule is O=C(NO)c1cc2c(s1)CCN(C(=O)/C(=C\c1ccncc1)c1ccc(F)cc1)C2. The van der Waals surface area contributed by atoms with E-state index in [0.717, 1.165) is 16.0 Å². The molecular formula is C22H18FN3O3S. The molecule has 3 heterocycles. The van der Waals surface area contributed by atoms with Crippen LogP contribution in [0.3, 0.4) is 0 Å². The molecule has 152 valence electrons. The number of nitrogens with zero attached hydrogens (tertiary/aromatic N) is 2. The molecule has 0 radical (unpaired) electrons. The average Bonchev–Trinajstić information content (AvgIpc) is 3.21. The van der Waals surface area contributed by atoms with Crippen LogP contribution in [0.15, 0.2) is 54.9 Å². The number of aromatic nitrogens is 1. The van der Waals surface area contributed by atoms with E-state index in [1.165, 1.54) is 23.5 Å². The average molecular weight is 423 g/mol. The molecule has 6 nitrogen and oxygen atoms in total. The molecule has 1 aliphatic rings. The van der Waals surface area contributed by atoms with Crippen LogP contribution < -0.4 is 5.48 Å². The van der Waals surface area contributed by atoms with Gasteiger partial charge >= 0.3 is 0 Å². The lowest BCUT2D eigenvalue weighted by molar-refractivity contribution is -0.125. The van der Waals surface area contributed by atoms with Gasteiger partial charge in [0, 0.05) is 35.9 Å². The highest BCUT2D eigenvalue weighted by Crippen LogP contribution is 2.30. The summed E-state index contributed by atoms with van der Waals surface area (Å²) < 4.78 is 13.4. The van der Waals surface area contributed by atoms with Crippen LogP contribution in [0.25, 0.3) is 11.6 Å². The normalized spacial score (nSPS) is 13.7. The Morgan fingerprint density at radius 1 is 1.17 bits per heavy atom. The van der Waals surface area contributed by atoms with Gasteiger partial charge in [0.2, 0.25) is 0 Å². The summed E-state index contributed by atoms with van der Waals surface area (Å²) in [6.07, 6.45) is 5.68. The fourth-order valence-electron chi connectivity index (χ4n) is 3.37. The second-order valence-electron chi connectivity index (χ2n) is 6.82. The minimum Gasteiger partial charge on any atom is -0.334 e. The Bertz CT molecular complexity index is 1110. The summed E-state index contributed by atoms with van der Waals surface area (Å²) in [5, 5.41) is 8.85. The number of hydrogen-bond acceptors (Lipinski definition) is 5. The van der Waals surface area contributed by atoms with Crippen molar-refractivity contribution in [3.63, 3.8) is 0 Å². The number of hydroxylamine groups is 1. The molecule has 0 saturated heterocycles. The number of carbonyl (C=O) groups is 2. The molecular weight excluding hydrogens is 405 g/mol. The van der Waals surface area contributed by atoms with Gasteiger partial charge in [0.25, 0.3) is 11.8 Å². The predicted molar refractivity (Wildman–Crippen MR) is 111 cm³/mol. The smallest absolute Gasteiger partial charge is 0.284 e. The molecule has 2 amide bonds. The van der Waals surface area contributed by atoms with Gasteiger partial charge in [-0.3, -0.25) is 19.8 Å². The second kappa shape index (κ2) is 8.56. The lowest BCUT2D eigenvalue weighted by atomic mass is 10.00. The van der Waals surface area contributed by atoms with E-state index >= 15 is 0 Å². The number of benzene rings is 1. The van der Waals surface area contributed by atoms with Crippen LogP contribution in [0.4, 0.5) is 4.39 Å². The Balaban J connectivity index is 1.65. The van der Waals surface area contributed by atoms with Crippen molar-refractivity contribution in [3.8, 4) is 0 Å². The van der Waals surface area contributed by atoms with Gasteiger partial charge in [-0.15, -0.1) is 11.3 Å². The first-order chi connectivity index (χ1) is 14.5. The van der Waals surface area contributed by atoms with Gasteiger partial charge in [-0.05, 0) is 59.5 Å². The molecule has 4 rings (SSSR count). The zero-order chi connectivity index (χ0) is 21.1. The maximum Gasteiger partial charge on any atom is 0.284 e. The topological polar surface area (TPSA) is 82.5 Å². The number of nitrogens with one attached hydrogen (secondary N) is 1. The third-order valence-electron chi connectivity index (χ3n) is 4.88. The first kappa shape index (κ1) is 19.9. The molecule has 8 heteroatoms. The van der Waals surface area contributed by atoms with Crippen LogP contribution in [0.1, 0.15) is 31.2 Å². The molecule has 2 aromatic heterocycles. The van der Waals surface area contributed by atoms with Crippen molar-refractivity contribution < 1.29 is 19.2 Å². The van der Waals surface area contributed by atoms with Gasteiger partial charge in [-0.1, -0.05) is 12.1 Å². The van der Waals surface area contributed by atoms with E-state index in [1.54, 1.807) is 59.2 Å². The third-order valence-corrected chi connectivity index (χ3v) is 6.12. The van der Waals surface area contributed by atoms with E-state index in [-0.39, 0.29) is 11.7 Å². The number of halogens is 1. The van der Waals surface area contributed by atoms with Crippen LogP contribution in [0.5, 0.6) is 0 Å². The summed E-state index contributed by atoms with van der Waals surface area (Å²) in [4.78, 5) is 32.3. The highest BCUT2D eigenvalue weighted by atomic mass is 32.1. The molecule has 1 aliphatic heterocycles. The van der Waals surface area contributed by atoms with E-state index in [4.69, 9.17) is 5.21 Å². The largest absolute Gasteiger partial charge is 0.334 e. The van der Waals surface area contributed by atoms with Gasteiger partial charge < -0.3 is 4.90 Å². The monoisotopic (exact) mass is 423 g/mol.